The van der Waals surface area contributed by atoms with Crippen LogP contribution in [0, 0.1) is 0 Å². The van der Waals surface area contributed by atoms with E-state index in [9.17, 15) is 9.59 Å². The summed E-state index contributed by atoms with van der Waals surface area (Å²) in [6, 6.07) is 13.3. The first kappa shape index (κ1) is 19.7. The number of aromatic nitrogens is 1. The molecule has 2 aromatic carbocycles. The summed E-state index contributed by atoms with van der Waals surface area (Å²) in [5.41, 5.74) is 2.93. The molecule has 0 radical (unpaired) electrons. The van der Waals surface area contributed by atoms with E-state index in [1.54, 1.807) is 18.3 Å². The molecule has 4 rings (SSSR count). The predicted molar refractivity (Wildman–Crippen MR) is 115 cm³/mol. The molecule has 0 unspecified atom stereocenters. The number of carbonyl (C=O) groups excluding carboxylic acids is 2. The van der Waals surface area contributed by atoms with Crippen molar-refractivity contribution in [3.63, 3.8) is 0 Å². The topological polar surface area (TPSA) is 59.2 Å². The van der Waals surface area contributed by atoms with Crippen LogP contribution in [0.25, 0.3) is 10.9 Å². The monoisotopic (exact) mass is 409 g/mol. The lowest BCUT2D eigenvalue weighted by Gasteiger charge is -2.27. The third-order valence-electron chi connectivity index (χ3n) is 6.06. The largest absolute Gasteiger partial charge is 0.457 e. The third kappa shape index (κ3) is 3.58. The number of ketones is 1. The van der Waals surface area contributed by atoms with Crippen LogP contribution in [-0.4, -0.2) is 23.3 Å². The van der Waals surface area contributed by atoms with Crippen LogP contribution in [-0.2, 0) is 21.4 Å². The van der Waals surface area contributed by atoms with Crippen molar-refractivity contribution in [2.24, 2.45) is 0 Å². The summed E-state index contributed by atoms with van der Waals surface area (Å²) in [6.07, 6.45) is 5.99. The van der Waals surface area contributed by atoms with Crippen LogP contribution in [0.3, 0.4) is 0 Å². The van der Waals surface area contributed by atoms with Gasteiger partial charge in [-0.05, 0) is 42.5 Å². The van der Waals surface area contributed by atoms with Crippen LogP contribution in [0.1, 0.15) is 54.1 Å². The molecule has 5 heteroatoms. The molecule has 1 heterocycles. The number of nitrogens with one attached hydrogen (secondary N) is 1. The van der Waals surface area contributed by atoms with E-state index in [0.29, 0.717) is 10.6 Å². The molecule has 0 saturated heterocycles. The van der Waals surface area contributed by atoms with Gasteiger partial charge in [0, 0.05) is 27.7 Å². The Balaban J connectivity index is 1.53. The minimum absolute atomic E-state index is 0.192. The quantitative estimate of drug-likeness (QED) is 0.424. The number of hydrogen-bond acceptors (Lipinski definition) is 3. The van der Waals surface area contributed by atoms with Gasteiger partial charge >= 0.3 is 5.97 Å². The van der Waals surface area contributed by atoms with Crippen molar-refractivity contribution in [3.8, 4) is 0 Å². The van der Waals surface area contributed by atoms with Crippen LogP contribution < -0.4 is 0 Å². The number of rotatable bonds is 6. The molecule has 1 N–H and O–H groups in total. The van der Waals surface area contributed by atoms with E-state index in [4.69, 9.17) is 16.3 Å². The Labute approximate surface area is 175 Å². The number of benzene rings is 2. The number of fused-ring (bicyclic) bond motifs is 1. The van der Waals surface area contributed by atoms with E-state index in [0.717, 1.165) is 54.1 Å². The van der Waals surface area contributed by atoms with E-state index in [2.05, 4.69) is 11.9 Å². The molecule has 1 aliphatic rings. The molecule has 150 valence electrons. The van der Waals surface area contributed by atoms with Crippen molar-refractivity contribution in [3.05, 3.63) is 70.4 Å². The Morgan fingerprint density at radius 3 is 2.52 bits per heavy atom. The molecule has 3 aromatic rings. The smallest absolute Gasteiger partial charge is 0.317 e. The summed E-state index contributed by atoms with van der Waals surface area (Å²) in [4.78, 5) is 29.1. The van der Waals surface area contributed by atoms with Gasteiger partial charge in [0.1, 0.15) is 0 Å². The number of aromatic amines is 1. The van der Waals surface area contributed by atoms with Gasteiger partial charge in [0.25, 0.3) is 0 Å². The number of aryl methyl sites for hydroxylation is 1. The SMILES string of the molecule is CCc1cccc2c(C(=O)COC(=O)C3(c4ccc(Cl)cc4)CCCC3)c[nH]c12. The maximum absolute atomic E-state index is 13.1. The second-order valence-corrected chi connectivity index (χ2v) is 8.13. The lowest BCUT2D eigenvalue weighted by atomic mass is 9.79. The first-order valence-corrected chi connectivity index (χ1v) is 10.5. The fourth-order valence-corrected chi connectivity index (χ4v) is 4.57. The zero-order chi connectivity index (χ0) is 20.4. The van der Waals surface area contributed by atoms with Gasteiger partial charge in [0.15, 0.2) is 6.61 Å². The number of hydrogen-bond donors (Lipinski definition) is 1. The molecule has 0 amide bonds. The van der Waals surface area contributed by atoms with E-state index < -0.39 is 5.41 Å². The molecular weight excluding hydrogens is 386 g/mol. The fraction of sp³-hybridized carbons (Fsp3) is 0.333. The Hall–Kier alpha value is -2.59. The molecule has 0 aliphatic heterocycles. The lowest BCUT2D eigenvalue weighted by molar-refractivity contribution is -0.149. The molecule has 0 atom stereocenters. The second-order valence-electron chi connectivity index (χ2n) is 7.69. The Morgan fingerprint density at radius 2 is 1.83 bits per heavy atom. The number of esters is 1. The van der Waals surface area contributed by atoms with E-state index in [1.165, 1.54) is 0 Å². The highest BCUT2D eigenvalue weighted by atomic mass is 35.5. The molecule has 0 spiro atoms. The van der Waals surface area contributed by atoms with Gasteiger partial charge < -0.3 is 9.72 Å². The maximum atomic E-state index is 13.1. The highest BCUT2D eigenvalue weighted by Crippen LogP contribution is 2.42. The highest BCUT2D eigenvalue weighted by Gasteiger charge is 2.44. The Kier molecular flexibility index (Phi) is 5.46. The zero-order valence-electron chi connectivity index (χ0n) is 16.5. The number of para-hydroxylation sites is 1. The predicted octanol–water partition coefficient (Wildman–Crippen LogP) is 5.62. The first-order chi connectivity index (χ1) is 14.0. The standard InChI is InChI=1S/C24H24ClNO3/c1-2-16-6-5-7-19-20(14-26-22(16)19)21(27)15-29-23(28)24(12-3-4-13-24)17-8-10-18(25)11-9-17/h5-11,14,26H,2-4,12-13,15H2,1H3. The molecule has 1 aromatic heterocycles. The van der Waals surface area contributed by atoms with Crippen molar-refractivity contribution >= 4 is 34.3 Å². The summed E-state index contributed by atoms with van der Waals surface area (Å²) in [5, 5.41) is 1.51. The number of H-pyrrole nitrogens is 1. The summed E-state index contributed by atoms with van der Waals surface area (Å²) >= 11 is 6.01. The van der Waals surface area contributed by atoms with Crippen molar-refractivity contribution < 1.29 is 14.3 Å². The van der Waals surface area contributed by atoms with Gasteiger partial charge in [-0.3, -0.25) is 9.59 Å². The van der Waals surface area contributed by atoms with Gasteiger partial charge in [-0.2, -0.15) is 0 Å². The van der Waals surface area contributed by atoms with Crippen molar-refractivity contribution in [2.75, 3.05) is 6.61 Å². The van der Waals surface area contributed by atoms with Crippen molar-refractivity contribution in [1.29, 1.82) is 0 Å². The summed E-state index contributed by atoms with van der Waals surface area (Å²) in [7, 11) is 0. The van der Waals surface area contributed by atoms with Gasteiger partial charge in [-0.15, -0.1) is 0 Å². The molecule has 0 bridgehead atoms. The number of halogens is 1. The average Bonchev–Trinajstić information content (AvgIpc) is 3.40. The Morgan fingerprint density at radius 1 is 1.10 bits per heavy atom. The molecule has 1 saturated carbocycles. The number of carbonyl (C=O) groups is 2. The van der Waals surface area contributed by atoms with Crippen LogP contribution in [0.5, 0.6) is 0 Å². The van der Waals surface area contributed by atoms with Crippen LogP contribution in [0.2, 0.25) is 5.02 Å². The van der Waals surface area contributed by atoms with Crippen molar-refractivity contribution in [2.45, 2.75) is 44.4 Å². The number of ether oxygens (including phenoxy) is 1. The summed E-state index contributed by atoms with van der Waals surface area (Å²) in [5.74, 6) is -0.512. The third-order valence-corrected chi connectivity index (χ3v) is 6.31. The second kappa shape index (κ2) is 8.03. The van der Waals surface area contributed by atoms with Crippen LogP contribution >= 0.6 is 11.6 Å². The molecule has 1 aliphatic carbocycles. The highest BCUT2D eigenvalue weighted by molar-refractivity contribution is 6.30. The van der Waals surface area contributed by atoms with Gasteiger partial charge in [-0.25, -0.2) is 0 Å². The van der Waals surface area contributed by atoms with Gasteiger partial charge in [0.2, 0.25) is 5.78 Å². The van der Waals surface area contributed by atoms with Crippen LogP contribution in [0.15, 0.2) is 48.7 Å². The van der Waals surface area contributed by atoms with Gasteiger partial charge in [-0.1, -0.05) is 61.7 Å². The molecule has 4 nitrogen and oxygen atoms in total. The van der Waals surface area contributed by atoms with E-state index >= 15 is 0 Å². The van der Waals surface area contributed by atoms with Crippen molar-refractivity contribution in [1.82, 2.24) is 4.98 Å². The molecular formula is C24H24ClNO3. The molecule has 29 heavy (non-hydrogen) atoms. The van der Waals surface area contributed by atoms with Crippen LogP contribution in [0.4, 0.5) is 0 Å². The minimum Gasteiger partial charge on any atom is -0.457 e. The zero-order valence-corrected chi connectivity index (χ0v) is 17.2. The van der Waals surface area contributed by atoms with E-state index in [1.807, 2.05) is 30.3 Å². The Bertz CT molecular complexity index is 1050. The van der Waals surface area contributed by atoms with Gasteiger partial charge in [0.05, 0.1) is 5.41 Å². The normalized spacial score (nSPS) is 15.5. The maximum Gasteiger partial charge on any atom is 0.317 e. The van der Waals surface area contributed by atoms with E-state index in [-0.39, 0.29) is 18.4 Å². The molecule has 1 fully saturated rings. The fourth-order valence-electron chi connectivity index (χ4n) is 4.45. The average molecular weight is 410 g/mol. The number of Topliss-reactive ketones (excluding diaryl/α,β-unsaturated/α-hetero) is 1. The summed E-state index contributed by atoms with van der Waals surface area (Å²) < 4.78 is 5.57. The summed E-state index contributed by atoms with van der Waals surface area (Å²) in [6.45, 7) is 1.83. The minimum atomic E-state index is -0.680. The lowest BCUT2D eigenvalue weighted by Crippen LogP contribution is -2.35. The first-order valence-electron chi connectivity index (χ1n) is 10.1.